The van der Waals surface area contributed by atoms with Crippen molar-refractivity contribution in [3.63, 3.8) is 0 Å². The zero-order valence-electron chi connectivity index (χ0n) is 12.8. The van der Waals surface area contributed by atoms with Crippen molar-refractivity contribution in [3.05, 3.63) is 28.8 Å². The number of carboxylic acids is 1. The van der Waals surface area contributed by atoms with E-state index in [0.717, 1.165) is 29.7 Å². The van der Waals surface area contributed by atoms with E-state index in [1.54, 1.807) is 7.11 Å². The van der Waals surface area contributed by atoms with Gasteiger partial charge in [0.2, 0.25) is 0 Å². The molecule has 1 saturated carbocycles. The van der Waals surface area contributed by atoms with Crippen LogP contribution >= 0.6 is 0 Å². The van der Waals surface area contributed by atoms with Crippen molar-refractivity contribution in [1.82, 2.24) is 0 Å². The molecule has 1 aromatic carbocycles. The van der Waals surface area contributed by atoms with Gasteiger partial charge in [0.15, 0.2) is 0 Å². The van der Waals surface area contributed by atoms with Crippen molar-refractivity contribution in [1.29, 1.82) is 0 Å². The first-order chi connectivity index (χ1) is 9.43. The number of carboxylic acid groups (broad SMARTS) is 1. The van der Waals surface area contributed by atoms with Gasteiger partial charge in [-0.25, -0.2) is 0 Å². The Labute approximate surface area is 121 Å². The molecule has 1 fully saturated rings. The van der Waals surface area contributed by atoms with Crippen LogP contribution in [0.5, 0.6) is 5.75 Å². The maximum absolute atomic E-state index is 11.1. The fourth-order valence-electron chi connectivity index (χ4n) is 3.00. The number of carbonyl (C=O) groups is 1. The molecular formula is C17H24O3. The molecule has 0 saturated heterocycles. The fraction of sp³-hybridized carbons (Fsp3) is 0.588. The van der Waals surface area contributed by atoms with E-state index in [2.05, 4.69) is 26.0 Å². The van der Waals surface area contributed by atoms with Crippen molar-refractivity contribution in [2.75, 3.05) is 7.11 Å². The summed E-state index contributed by atoms with van der Waals surface area (Å²) >= 11 is 0. The second-order valence-corrected chi connectivity index (χ2v) is 6.16. The second-order valence-electron chi connectivity index (χ2n) is 6.16. The maximum Gasteiger partial charge on any atom is 0.303 e. The molecule has 1 aliphatic rings. The topological polar surface area (TPSA) is 46.5 Å². The second kappa shape index (κ2) is 5.86. The van der Waals surface area contributed by atoms with E-state index in [4.69, 9.17) is 9.84 Å². The minimum absolute atomic E-state index is 0.148. The highest BCUT2D eigenvalue weighted by Gasteiger charge is 2.34. The Morgan fingerprint density at radius 2 is 2.05 bits per heavy atom. The molecule has 0 bridgehead atoms. The lowest BCUT2D eigenvalue weighted by Gasteiger charge is -2.21. The van der Waals surface area contributed by atoms with Crippen LogP contribution in [0.25, 0.3) is 0 Å². The van der Waals surface area contributed by atoms with E-state index >= 15 is 0 Å². The molecule has 1 aliphatic carbocycles. The number of aliphatic carboxylic acids is 1. The van der Waals surface area contributed by atoms with Gasteiger partial charge in [0.1, 0.15) is 5.75 Å². The summed E-state index contributed by atoms with van der Waals surface area (Å²) in [6.45, 7) is 6.33. The predicted molar refractivity (Wildman–Crippen MR) is 79.5 cm³/mol. The monoisotopic (exact) mass is 276 g/mol. The highest BCUT2D eigenvalue weighted by molar-refractivity contribution is 5.68. The van der Waals surface area contributed by atoms with Crippen molar-refractivity contribution in [3.8, 4) is 5.75 Å². The van der Waals surface area contributed by atoms with Crippen LogP contribution in [0.4, 0.5) is 0 Å². The van der Waals surface area contributed by atoms with E-state index in [0.29, 0.717) is 11.8 Å². The van der Waals surface area contributed by atoms with Gasteiger partial charge >= 0.3 is 5.97 Å². The van der Waals surface area contributed by atoms with Crippen LogP contribution in [0.2, 0.25) is 0 Å². The van der Waals surface area contributed by atoms with Gasteiger partial charge in [-0.2, -0.15) is 0 Å². The third-order valence-corrected chi connectivity index (χ3v) is 4.17. The van der Waals surface area contributed by atoms with Crippen LogP contribution in [-0.2, 0) is 4.79 Å². The lowest BCUT2D eigenvalue weighted by Crippen LogP contribution is -2.10. The average Bonchev–Trinajstić information content (AvgIpc) is 3.18. The Hall–Kier alpha value is -1.51. The SMILES string of the molecule is COc1c(C)cc(C(CC(=O)O)C2CC2)cc1C(C)C. The summed E-state index contributed by atoms with van der Waals surface area (Å²) in [7, 11) is 1.70. The van der Waals surface area contributed by atoms with Crippen LogP contribution in [0.3, 0.4) is 0 Å². The Morgan fingerprint density at radius 3 is 2.50 bits per heavy atom. The Morgan fingerprint density at radius 1 is 1.40 bits per heavy atom. The third kappa shape index (κ3) is 3.14. The molecule has 0 spiro atoms. The average molecular weight is 276 g/mol. The van der Waals surface area contributed by atoms with Crippen LogP contribution in [0, 0.1) is 12.8 Å². The maximum atomic E-state index is 11.1. The predicted octanol–water partition coefficient (Wildman–Crippen LogP) is 4.10. The number of methoxy groups -OCH3 is 1. The number of ether oxygens (including phenoxy) is 1. The molecule has 0 radical (unpaired) electrons. The van der Waals surface area contributed by atoms with Crippen LogP contribution in [0.1, 0.15) is 61.6 Å². The molecule has 0 aliphatic heterocycles. The number of benzene rings is 1. The van der Waals surface area contributed by atoms with Gasteiger partial charge in [-0.05, 0) is 54.2 Å². The molecule has 1 aromatic rings. The van der Waals surface area contributed by atoms with Gasteiger partial charge in [0.05, 0.1) is 13.5 Å². The molecule has 110 valence electrons. The highest BCUT2D eigenvalue weighted by Crippen LogP contribution is 2.46. The van der Waals surface area contributed by atoms with E-state index in [-0.39, 0.29) is 12.3 Å². The number of hydrogen-bond acceptors (Lipinski definition) is 2. The minimum atomic E-state index is -0.707. The molecule has 0 amide bonds. The van der Waals surface area contributed by atoms with E-state index in [1.165, 1.54) is 5.56 Å². The van der Waals surface area contributed by atoms with Gasteiger partial charge in [0.25, 0.3) is 0 Å². The molecule has 0 aromatic heterocycles. The first-order valence-corrected chi connectivity index (χ1v) is 7.34. The first kappa shape index (κ1) is 14.9. The Bertz CT molecular complexity index is 501. The molecular weight excluding hydrogens is 252 g/mol. The van der Waals surface area contributed by atoms with E-state index < -0.39 is 5.97 Å². The summed E-state index contributed by atoms with van der Waals surface area (Å²) in [6, 6.07) is 4.26. The third-order valence-electron chi connectivity index (χ3n) is 4.17. The first-order valence-electron chi connectivity index (χ1n) is 7.34. The largest absolute Gasteiger partial charge is 0.496 e. The molecule has 2 rings (SSSR count). The molecule has 1 atom stereocenters. The number of rotatable bonds is 6. The fourth-order valence-corrected chi connectivity index (χ4v) is 3.00. The van der Waals surface area contributed by atoms with Gasteiger partial charge in [-0.3, -0.25) is 4.79 Å². The number of aryl methyl sites for hydroxylation is 1. The zero-order chi connectivity index (χ0) is 14.9. The van der Waals surface area contributed by atoms with E-state index in [9.17, 15) is 4.79 Å². The molecule has 3 nitrogen and oxygen atoms in total. The molecule has 1 unspecified atom stereocenters. The number of hydrogen-bond donors (Lipinski definition) is 1. The standard InChI is InChI=1S/C17H24O3/c1-10(2)14-8-13(7-11(3)17(14)20-4)15(9-16(18)19)12-5-6-12/h7-8,10,12,15H,5-6,9H2,1-4H3,(H,18,19). The molecule has 3 heteroatoms. The summed E-state index contributed by atoms with van der Waals surface area (Å²) in [5.74, 6) is 1.29. The van der Waals surface area contributed by atoms with Gasteiger partial charge in [-0.15, -0.1) is 0 Å². The van der Waals surface area contributed by atoms with Crippen molar-refractivity contribution in [2.24, 2.45) is 5.92 Å². The Balaban J connectivity index is 2.42. The normalized spacial score (nSPS) is 16.2. The highest BCUT2D eigenvalue weighted by atomic mass is 16.5. The van der Waals surface area contributed by atoms with Crippen LogP contribution < -0.4 is 4.74 Å². The lowest BCUT2D eigenvalue weighted by molar-refractivity contribution is -0.137. The van der Waals surface area contributed by atoms with Gasteiger partial charge < -0.3 is 9.84 Å². The van der Waals surface area contributed by atoms with Crippen LogP contribution in [-0.4, -0.2) is 18.2 Å². The molecule has 1 N–H and O–H groups in total. The van der Waals surface area contributed by atoms with Gasteiger partial charge in [0, 0.05) is 0 Å². The molecule has 20 heavy (non-hydrogen) atoms. The summed E-state index contributed by atoms with van der Waals surface area (Å²) < 4.78 is 5.51. The van der Waals surface area contributed by atoms with E-state index in [1.807, 2.05) is 6.92 Å². The van der Waals surface area contributed by atoms with Gasteiger partial charge in [-0.1, -0.05) is 26.0 Å². The summed E-state index contributed by atoms with van der Waals surface area (Å²) in [5.41, 5.74) is 3.44. The smallest absolute Gasteiger partial charge is 0.303 e. The van der Waals surface area contributed by atoms with Crippen LogP contribution in [0.15, 0.2) is 12.1 Å². The summed E-state index contributed by atoms with van der Waals surface area (Å²) in [6.07, 6.45) is 2.54. The summed E-state index contributed by atoms with van der Waals surface area (Å²) in [4.78, 5) is 11.1. The van der Waals surface area contributed by atoms with Crippen molar-refractivity contribution in [2.45, 2.75) is 51.9 Å². The van der Waals surface area contributed by atoms with Crippen molar-refractivity contribution < 1.29 is 14.6 Å². The minimum Gasteiger partial charge on any atom is -0.496 e. The summed E-state index contributed by atoms with van der Waals surface area (Å²) in [5, 5.41) is 9.15. The quantitative estimate of drug-likeness (QED) is 0.851. The Kier molecular flexibility index (Phi) is 4.36. The van der Waals surface area contributed by atoms with Crippen molar-refractivity contribution >= 4 is 5.97 Å². The lowest BCUT2D eigenvalue weighted by atomic mass is 9.86. The molecule has 0 heterocycles. The zero-order valence-corrected chi connectivity index (χ0v) is 12.8.